The van der Waals surface area contributed by atoms with Crippen LogP contribution < -0.4 is 19.6 Å². The molecule has 0 spiro atoms. The Labute approximate surface area is 237 Å². The molecule has 1 atom stereocenters. The maximum atomic E-state index is 13.8. The van der Waals surface area contributed by atoms with Crippen molar-refractivity contribution < 1.29 is 14.3 Å². The predicted octanol–water partition coefficient (Wildman–Crippen LogP) is 5.50. The minimum Gasteiger partial charge on any atom is -0.489 e. The highest BCUT2D eigenvalue weighted by molar-refractivity contribution is 7.07. The average molecular weight is 553 g/mol. The molecular formula is C33H32N2O4S. The van der Waals surface area contributed by atoms with Crippen LogP contribution >= 0.6 is 11.3 Å². The van der Waals surface area contributed by atoms with Gasteiger partial charge in [-0.3, -0.25) is 9.36 Å². The minimum absolute atomic E-state index is 0.194. The van der Waals surface area contributed by atoms with Gasteiger partial charge in [0, 0.05) is 0 Å². The second-order valence-corrected chi connectivity index (χ2v) is 11.0. The molecule has 1 aliphatic rings. The second-order valence-electron chi connectivity index (χ2n) is 9.97. The highest BCUT2D eigenvalue weighted by atomic mass is 32.1. The third-order valence-corrected chi connectivity index (χ3v) is 7.85. The average Bonchev–Trinajstić information content (AvgIpc) is 3.26. The first-order chi connectivity index (χ1) is 19.4. The van der Waals surface area contributed by atoms with Crippen molar-refractivity contribution in [2.24, 2.45) is 4.99 Å². The smallest absolute Gasteiger partial charge is 0.338 e. The number of fused-ring (bicyclic) bond motifs is 1. The van der Waals surface area contributed by atoms with Crippen LogP contribution in [0, 0.1) is 0 Å². The third-order valence-electron chi connectivity index (χ3n) is 6.86. The number of ether oxygens (including phenoxy) is 2. The van der Waals surface area contributed by atoms with E-state index in [1.165, 1.54) is 16.9 Å². The molecule has 1 aliphatic heterocycles. The predicted molar refractivity (Wildman–Crippen MR) is 158 cm³/mol. The molecule has 0 bridgehead atoms. The summed E-state index contributed by atoms with van der Waals surface area (Å²) in [4.78, 5) is 32.1. The summed E-state index contributed by atoms with van der Waals surface area (Å²) in [6, 6.07) is 25.1. The summed E-state index contributed by atoms with van der Waals surface area (Å²) in [5.41, 5.74) is 4.75. The number of allylic oxidation sites excluding steroid dienone is 1. The van der Waals surface area contributed by atoms with Crippen LogP contribution in [0.2, 0.25) is 0 Å². The molecule has 40 heavy (non-hydrogen) atoms. The normalized spacial score (nSPS) is 15.1. The van der Waals surface area contributed by atoms with E-state index in [1.807, 2.05) is 72.8 Å². The topological polar surface area (TPSA) is 69.9 Å². The van der Waals surface area contributed by atoms with E-state index in [9.17, 15) is 9.59 Å². The number of esters is 1. The van der Waals surface area contributed by atoms with E-state index in [1.54, 1.807) is 18.4 Å². The van der Waals surface area contributed by atoms with Crippen LogP contribution in [0.15, 0.2) is 99.9 Å². The van der Waals surface area contributed by atoms with Crippen molar-refractivity contribution in [3.8, 4) is 5.75 Å². The molecule has 5 rings (SSSR count). The van der Waals surface area contributed by atoms with Gasteiger partial charge < -0.3 is 9.47 Å². The summed E-state index contributed by atoms with van der Waals surface area (Å²) in [5, 5.41) is 0. The van der Waals surface area contributed by atoms with Gasteiger partial charge >= 0.3 is 5.97 Å². The molecule has 0 saturated heterocycles. The van der Waals surface area contributed by atoms with Crippen molar-refractivity contribution in [1.82, 2.24) is 4.57 Å². The van der Waals surface area contributed by atoms with Gasteiger partial charge in [0.1, 0.15) is 12.4 Å². The van der Waals surface area contributed by atoms with Gasteiger partial charge in [-0.05, 0) is 60.2 Å². The number of hydrogen-bond donors (Lipinski definition) is 0. The SMILES string of the molecule is CCOC(=O)C1=C(C)N=c2s/c(=C\c3ccc(OCc4ccccc4)cc3)c(=O)n2C1c1ccc(C(C)C)cc1. The van der Waals surface area contributed by atoms with Crippen LogP contribution in [-0.2, 0) is 16.1 Å². The summed E-state index contributed by atoms with van der Waals surface area (Å²) in [7, 11) is 0. The van der Waals surface area contributed by atoms with Crippen molar-refractivity contribution in [2.75, 3.05) is 6.61 Å². The number of carbonyl (C=O) groups excluding carboxylic acids is 1. The van der Waals surface area contributed by atoms with Gasteiger partial charge in [0.05, 0.1) is 28.5 Å². The van der Waals surface area contributed by atoms with E-state index in [0.29, 0.717) is 33.1 Å². The van der Waals surface area contributed by atoms with Crippen molar-refractivity contribution in [2.45, 2.75) is 46.3 Å². The molecule has 1 unspecified atom stereocenters. The molecule has 204 valence electrons. The summed E-state index contributed by atoms with van der Waals surface area (Å²) in [5.74, 6) is 0.664. The Kier molecular flexibility index (Phi) is 8.12. The fraction of sp³-hybridized carbons (Fsp3) is 0.242. The maximum Gasteiger partial charge on any atom is 0.338 e. The molecule has 0 saturated carbocycles. The minimum atomic E-state index is -0.618. The molecule has 0 N–H and O–H groups in total. The lowest BCUT2D eigenvalue weighted by molar-refractivity contribution is -0.139. The van der Waals surface area contributed by atoms with Gasteiger partial charge in [0.15, 0.2) is 4.80 Å². The molecule has 0 radical (unpaired) electrons. The number of rotatable bonds is 8. The van der Waals surface area contributed by atoms with Crippen LogP contribution in [-0.4, -0.2) is 17.1 Å². The van der Waals surface area contributed by atoms with E-state index in [2.05, 4.69) is 31.0 Å². The Bertz CT molecular complexity index is 1710. The highest BCUT2D eigenvalue weighted by Crippen LogP contribution is 2.31. The summed E-state index contributed by atoms with van der Waals surface area (Å²) >= 11 is 1.32. The van der Waals surface area contributed by atoms with E-state index >= 15 is 0 Å². The summed E-state index contributed by atoms with van der Waals surface area (Å²) in [6.07, 6.45) is 1.85. The zero-order chi connectivity index (χ0) is 28.2. The van der Waals surface area contributed by atoms with Gasteiger partial charge in [-0.25, -0.2) is 9.79 Å². The Morgan fingerprint density at radius 1 is 1.02 bits per heavy atom. The highest BCUT2D eigenvalue weighted by Gasteiger charge is 2.33. The molecule has 3 aromatic carbocycles. The van der Waals surface area contributed by atoms with Gasteiger partial charge in [-0.1, -0.05) is 91.9 Å². The van der Waals surface area contributed by atoms with Crippen molar-refractivity contribution in [3.63, 3.8) is 0 Å². The Balaban J connectivity index is 1.51. The summed E-state index contributed by atoms with van der Waals surface area (Å²) < 4.78 is 13.5. The standard InChI is InChI=1S/C33H32N2O4S/c1-5-38-32(37)29-22(4)34-33-35(30(29)26-15-13-25(14-16-26)21(2)3)31(36)28(40-33)19-23-11-17-27(18-12-23)39-20-24-9-7-6-8-10-24/h6-19,21,30H,5,20H2,1-4H3/b28-19-. The fourth-order valence-electron chi connectivity index (χ4n) is 4.72. The molecule has 4 aromatic rings. The Hall–Kier alpha value is -4.23. The van der Waals surface area contributed by atoms with E-state index in [-0.39, 0.29) is 12.2 Å². The first kappa shape index (κ1) is 27.3. The lowest BCUT2D eigenvalue weighted by Crippen LogP contribution is -2.39. The van der Waals surface area contributed by atoms with E-state index in [0.717, 1.165) is 22.4 Å². The zero-order valence-corrected chi connectivity index (χ0v) is 23.9. The third kappa shape index (κ3) is 5.70. The Morgan fingerprint density at radius 3 is 2.38 bits per heavy atom. The number of thiazole rings is 1. The number of hydrogen-bond acceptors (Lipinski definition) is 6. The van der Waals surface area contributed by atoms with Crippen LogP contribution in [0.25, 0.3) is 6.08 Å². The zero-order valence-electron chi connectivity index (χ0n) is 23.1. The Morgan fingerprint density at radius 2 is 1.73 bits per heavy atom. The van der Waals surface area contributed by atoms with Gasteiger partial charge in [0.25, 0.3) is 5.56 Å². The monoisotopic (exact) mass is 552 g/mol. The molecule has 6 nitrogen and oxygen atoms in total. The number of aromatic nitrogens is 1. The lowest BCUT2D eigenvalue weighted by Gasteiger charge is -2.25. The van der Waals surface area contributed by atoms with Crippen molar-refractivity contribution in [1.29, 1.82) is 0 Å². The van der Waals surface area contributed by atoms with Crippen LogP contribution in [0.5, 0.6) is 5.75 Å². The van der Waals surface area contributed by atoms with Crippen LogP contribution in [0.3, 0.4) is 0 Å². The molecule has 0 fully saturated rings. The number of nitrogens with zero attached hydrogens (tertiary/aromatic N) is 2. The second kappa shape index (κ2) is 11.9. The fourth-order valence-corrected chi connectivity index (χ4v) is 5.77. The lowest BCUT2D eigenvalue weighted by atomic mass is 9.93. The van der Waals surface area contributed by atoms with Gasteiger partial charge in [-0.15, -0.1) is 0 Å². The number of carbonyl (C=O) groups is 1. The largest absolute Gasteiger partial charge is 0.489 e. The van der Waals surface area contributed by atoms with E-state index < -0.39 is 12.0 Å². The van der Waals surface area contributed by atoms with E-state index in [4.69, 9.17) is 9.47 Å². The maximum absolute atomic E-state index is 13.8. The first-order valence-corrected chi connectivity index (χ1v) is 14.2. The van der Waals surface area contributed by atoms with Gasteiger partial charge in [0.2, 0.25) is 0 Å². The van der Waals surface area contributed by atoms with Crippen molar-refractivity contribution in [3.05, 3.63) is 132 Å². The van der Waals surface area contributed by atoms with Crippen molar-refractivity contribution >= 4 is 23.4 Å². The van der Waals surface area contributed by atoms with Crippen LogP contribution in [0.1, 0.15) is 61.9 Å². The molecule has 0 amide bonds. The quantitative estimate of drug-likeness (QED) is 0.271. The van der Waals surface area contributed by atoms with Crippen LogP contribution in [0.4, 0.5) is 0 Å². The molecular weight excluding hydrogens is 520 g/mol. The molecule has 7 heteroatoms. The first-order valence-electron chi connectivity index (χ1n) is 13.4. The molecule has 0 aliphatic carbocycles. The number of benzene rings is 3. The molecule has 1 aromatic heterocycles. The molecule has 2 heterocycles. The van der Waals surface area contributed by atoms with Gasteiger partial charge in [-0.2, -0.15) is 0 Å². The summed E-state index contributed by atoms with van der Waals surface area (Å²) in [6.45, 7) is 8.56.